The summed E-state index contributed by atoms with van der Waals surface area (Å²) in [6, 6.07) is 3.88. The summed E-state index contributed by atoms with van der Waals surface area (Å²) in [5.74, 6) is 0. The van der Waals surface area contributed by atoms with E-state index < -0.39 is 5.60 Å². The third-order valence-corrected chi connectivity index (χ3v) is 3.60. The Morgan fingerprint density at radius 1 is 1.60 bits per heavy atom. The summed E-state index contributed by atoms with van der Waals surface area (Å²) in [6.45, 7) is 4.65. The molecule has 0 bridgehead atoms. The Labute approximate surface area is 93.0 Å². The maximum Gasteiger partial charge on any atom is 0.124 e. The van der Waals surface area contributed by atoms with Gasteiger partial charge in [-0.3, -0.25) is 4.68 Å². The quantitative estimate of drug-likeness (QED) is 0.864. The van der Waals surface area contributed by atoms with Crippen molar-refractivity contribution in [3.8, 4) is 0 Å². The first-order valence-electron chi connectivity index (χ1n) is 4.94. The summed E-state index contributed by atoms with van der Waals surface area (Å²) >= 11 is 1.55. The third-order valence-electron chi connectivity index (χ3n) is 2.52. The first-order chi connectivity index (χ1) is 7.14. The van der Waals surface area contributed by atoms with Crippen LogP contribution >= 0.6 is 11.3 Å². The van der Waals surface area contributed by atoms with Crippen LogP contribution in [0.15, 0.2) is 29.9 Å². The maximum atomic E-state index is 10.4. The third kappa shape index (κ3) is 1.82. The molecule has 0 amide bonds. The second-order valence-electron chi connectivity index (χ2n) is 3.63. The molecule has 80 valence electrons. The van der Waals surface area contributed by atoms with Gasteiger partial charge < -0.3 is 5.11 Å². The van der Waals surface area contributed by atoms with Crippen molar-refractivity contribution >= 4 is 11.3 Å². The highest BCUT2D eigenvalue weighted by Gasteiger charge is 2.27. The topological polar surface area (TPSA) is 38.0 Å². The van der Waals surface area contributed by atoms with Gasteiger partial charge in [0.15, 0.2) is 0 Å². The summed E-state index contributed by atoms with van der Waals surface area (Å²) < 4.78 is 1.82. The Hall–Kier alpha value is -1.13. The van der Waals surface area contributed by atoms with Crippen molar-refractivity contribution in [3.63, 3.8) is 0 Å². The van der Waals surface area contributed by atoms with E-state index in [1.807, 2.05) is 35.3 Å². The minimum atomic E-state index is -0.929. The second kappa shape index (κ2) is 3.79. The van der Waals surface area contributed by atoms with Crippen LogP contribution in [0.4, 0.5) is 0 Å². The van der Waals surface area contributed by atoms with Crippen LogP contribution in [0.3, 0.4) is 0 Å². The van der Waals surface area contributed by atoms with Crippen LogP contribution in [0.25, 0.3) is 0 Å². The Morgan fingerprint density at radius 2 is 2.40 bits per heavy atom. The van der Waals surface area contributed by atoms with Gasteiger partial charge in [-0.2, -0.15) is 5.10 Å². The molecular weight excluding hydrogens is 208 g/mol. The van der Waals surface area contributed by atoms with Crippen molar-refractivity contribution in [1.29, 1.82) is 0 Å². The van der Waals surface area contributed by atoms with Crippen molar-refractivity contribution in [2.45, 2.75) is 26.0 Å². The molecule has 1 atom stereocenters. The molecule has 2 heterocycles. The van der Waals surface area contributed by atoms with Crippen LogP contribution in [0.2, 0.25) is 0 Å². The van der Waals surface area contributed by atoms with E-state index in [4.69, 9.17) is 0 Å². The molecule has 0 aliphatic heterocycles. The summed E-state index contributed by atoms with van der Waals surface area (Å²) in [5, 5.41) is 16.6. The molecule has 0 saturated heterocycles. The number of nitrogens with zero attached hydrogens (tertiary/aromatic N) is 2. The number of aromatic nitrogens is 2. The normalized spacial score (nSPS) is 15.1. The Bertz CT molecular complexity index is 431. The maximum absolute atomic E-state index is 10.4. The predicted octanol–water partition coefficient (Wildman–Crippen LogP) is 2.22. The van der Waals surface area contributed by atoms with E-state index in [2.05, 4.69) is 5.10 Å². The lowest BCUT2D eigenvalue weighted by Gasteiger charge is -2.19. The van der Waals surface area contributed by atoms with Gasteiger partial charge in [0.1, 0.15) is 5.60 Å². The fraction of sp³-hybridized carbons (Fsp3) is 0.364. The van der Waals surface area contributed by atoms with E-state index >= 15 is 0 Å². The number of rotatable bonds is 3. The lowest BCUT2D eigenvalue weighted by molar-refractivity contribution is 0.106. The standard InChI is InChI=1S/C11H14N2OS/c1-3-13-8-9(7-12-13)11(2,14)10-5-4-6-15-10/h4-8,14H,3H2,1-2H3. The van der Waals surface area contributed by atoms with Crippen LogP contribution < -0.4 is 0 Å². The van der Waals surface area contributed by atoms with Gasteiger partial charge in [-0.05, 0) is 25.3 Å². The molecule has 2 aromatic rings. The SMILES string of the molecule is CCn1cc(C(C)(O)c2cccs2)cn1. The van der Waals surface area contributed by atoms with Crippen molar-refractivity contribution in [3.05, 3.63) is 40.3 Å². The molecule has 2 aromatic heterocycles. The van der Waals surface area contributed by atoms with Crippen LogP contribution in [0.5, 0.6) is 0 Å². The summed E-state index contributed by atoms with van der Waals surface area (Å²) in [5.41, 5.74) is -0.0894. The van der Waals surface area contributed by atoms with Gasteiger partial charge in [-0.25, -0.2) is 0 Å². The fourth-order valence-electron chi connectivity index (χ4n) is 1.49. The minimum Gasteiger partial charge on any atom is -0.380 e. The molecule has 0 fully saturated rings. The van der Waals surface area contributed by atoms with Crippen LogP contribution in [-0.2, 0) is 12.1 Å². The molecule has 0 aromatic carbocycles. The van der Waals surface area contributed by atoms with Crippen LogP contribution in [-0.4, -0.2) is 14.9 Å². The fourth-order valence-corrected chi connectivity index (χ4v) is 2.29. The Kier molecular flexibility index (Phi) is 2.63. The molecule has 3 nitrogen and oxygen atoms in total. The average molecular weight is 222 g/mol. The highest BCUT2D eigenvalue weighted by molar-refractivity contribution is 7.10. The first-order valence-corrected chi connectivity index (χ1v) is 5.82. The average Bonchev–Trinajstić information content (AvgIpc) is 2.89. The summed E-state index contributed by atoms with van der Waals surface area (Å²) in [6.07, 6.45) is 3.61. The zero-order valence-corrected chi connectivity index (χ0v) is 9.66. The first kappa shape index (κ1) is 10.4. The summed E-state index contributed by atoms with van der Waals surface area (Å²) in [4.78, 5) is 0.943. The zero-order chi connectivity index (χ0) is 10.9. The molecule has 4 heteroatoms. The number of hydrogen-bond donors (Lipinski definition) is 1. The smallest absolute Gasteiger partial charge is 0.124 e. The van der Waals surface area contributed by atoms with Gasteiger partial charge in [-0.1, -0.05) is 6.07 Å². The highest BCUT2D eigenvalue weighted by atomic mass is 32.1. The van der Waals surface area contributed by atoms with Gasteiger partial charge >= 0.3 is 0 Å². The van der Waals surface area contributed by atoms with Crippen molar-refractivity contribution in [2.24, 2.45) is 0 Å². The zero-order valence-electron chi connectivity index (χ0n) is 8.84. The van der Waals surface area contributed by atoms with Gasteiger partial charge in [0.2, 0.25) is 0 Å². The lowest BCUT2D eigenvalue weighted by Crippen LogP contribution is -2.20. The minimum absolute atomic E-state index is 0.820. The van der Waals surface area contributed by atoms with E-state index in [9.17, 15) is 5.11 Å². The molecule has 0 spiro atoms. The largest absolute Gasteiger partial charge is 0.380 e. The van der Waals surface area contributed by atoms with Crippen molar-refractivity contribution < 1.29 is 5.11 Å². The second-order valence-corrected chi connectivity index (χ2v) is 4.58. The molecule has 1 N–H and O–H groups in total. The van der Waals surface area contributed by atoms with E-state index in [0.717, 1.165) is 17.0 Å². The molecule has 1 unspecified atom stereocenters. The van der Waals surface area contributed by atoms with Crippen molar-refractivity contribution in [1.82, 2.24) is 9.78 Å². The van der Waals surface area contributed by atoms with E-state index in [1.54, 1.807) is 24.5 Å². The Morgan fingerprint density at radius 3 is 2.93 bits per heavy atom. The molecular formula is C11H14N2OS. The van der Waals surface area contributed by atoms with E-state index in [0.29, 0.717) is 0 Å². The lowest BCUT2D eigenvalue weighted by atomic mass is 9.98. The molecule has 0 aliphatic carbocycles. The molecule has 0 radical (unpaired) electrons. The summed E-state index contributed by atoms with van der Waals surface area (Å²) in [7, 11) is 0. The number of thiophene rings is 1. The predicted molar refractivity (Wildman–Crippen MR) is 60.9 cm³/mol. The van der Waals surface area contributed by atoms with Gasteiger partial charge in [0.05, 0.1) is 6.20 Å². The molecule has 0 saturated carbocycles. The van der Waals surface area contributed by atoms with Crippen LogP contribution in [0.1, 0.15) is 24.3 Å². The van der Waals surface area contributed by atoms with Crippen LogP contribution in [0, 0.1) is 0 Å². The number of hydrogen-bond acceptors (Lipinski definition) is 3. The van der Waals surface area contributed by atoms with Crippen molar-refractivity contribution in [2.75, 3.05) is 0 Å². The highest BCUT2D eigenvalue weighted by Crippen LogP contribution is 2.31. The number of aliphatic hydroxyl groups is 1. The monoisotopic (exact) mass is 222 g/mol. The van der Waals surface area contributed by atoms with E-state index in [-0.39, 0.29) is 0 Å². The number of aryl methyl sites for hydroxylation is 1. The van der Waals surface area contributed by atoms with E-state index in [1.165, 1.54) is 0 Å². The Balaban J connectivity index is 2.37. The van der Waals surface area contributed by atoms with Gasteiger partial charge in [-0.15, -0.1) is 11.3 Å². The molecule has 15 heavy (non-hydrogen) atoms. The molecule has 2 rings (SSSR count). The van der Waals surface area contributed by atoms with Gasteiger partial charge in [0.25, 0.3) is 0 Å². The van der Waals surface area contributed by atoms with Gasteiger partial charge in [0, 0.05) is 23.2 Å². The molecule has 0 aliphatic rings.